The molecule has 0 aliphatic rings. The Hall–Kier alpha value is -1.23. The SMILES string of the molecule is CCC(F)(F)C(=O)Nc1cnccc1Cl. The van der Waals surface area contributed by atoms with E-state index in [9.17, 15) is 13.6 Å². The first-order chi connectivity index (χ1) is 6.97. The van der Waals surface area contributed by atoms with Gasteiger partial charge in [-0.05, 0) is 6.07 Å². The maximum atomic E-state index is 12.9. The van der Waals surface area contributed by atoms with Crippen molar-refractivity contribution in [2.75, 3.05) is 5.32 Å². The molecule has 0 saturated heterocycles. The molecule has 1 aromatic heterocycles. The van der Waals surface area contributed by atoms with Crippen molar-refractivity contribution in [2.24, 2.45) is 0 Å². The van der Waals surface area contributed by atoms with Crippen LogP contribution in [-0.4, -0.2) is 16.8 Å². The van der Waals surface area contributed by atoms with Gasteiger partial charge < -0.3 is 5.32 Å². The molecule has 6 heteroatoms. The van der Waals surface area contributed by atoms with E-state index in [0.29, 0.717) is 0 Å². The van der Waals surface area contributed by atoms with Gasteiger partial charge in [0.05, 0.1) is 16.9 Å². The first kappa shape index (κ1) is 11.8. The Morgan fingerprint density at radius 1 is 1.67 bits per heavy atom. The Kier molecular flexibility index (Phi) is 3.57. The van der Waals surface area contributed by atoms with Gasteiger partial charge in [0.1, 0.15) is 0 Å². The van der Waals surface area contributed by atoms with E-state index < -0.39 is 18.3 Å². The number of alkyl halides is 2. The molecule has 82 valence electrons. The number of nitrogens with one attached hydrogen (secondary N) is 1. The van der Waals surface area contributed by atoms with Crippen LogP contribution in [0.5, 0.6) is 0 Å². The lowest BCUT2D eigenvalue weighted by molar-refractivity contribution is -0.139. The highest BCUT2D eigenvalue weighted by Gasteiger charge is 2.36. The zero-order chi connectivity index (χ0) is 11.5. The van der Waals surface area contributed by atoms with Gasteiger partial charge in [-0.25, -0.2) is 0 Å². The zero-order valence-corrected chi connectivity index (χ0v) is 8.68. The molecule has 0 saturated carbocycles. The maximum absolute atomic E-state index is 12.9. The molecule has 0 radical (unpaired) electrons. The van der Waals surface area contributed by atoms with Gasteiger partial charge in [-0.1, -0.05) is 18.5 Å². The van der Waals surface area contributed by atoms with Crippen LogP contribution in [0.1, 0.15) is 13.3 Å². The Bertz CT molecular complexity index is 371. The first-order valence-electron chi connectivity index (χ1n) is 4.26. The standard InChI is InChI=1S/C9H9ClF2N2O/c1-2-9(11,12)8(15)14-7-5-13-4-3-6(7)10/h3-5H,2H2,1H3,(H,14,15). The predicted octanol–water partition coefficient (Wildman–Crippen LogP) is 2.72. The number of anilines is 1. The Labute approximate surface area is 90.5 Å². The van der Waals surface area contributed by atoms with Crippen LogP contribution in [-0.2, 0) is 4.79 Å². The van der Waals surface area contributed by atoms with E-state index in [4.69, 9.17) is 11.6 Å². The molecule has 1 rings (SSSR count). The largest absolute Gasteiger partial charge is 0.324 e. The highest BCUT2D eigenvalue weighted by molar-refractivity contribution is 6.33. The van der Waals surface area contributed by atoms with Crippen molar-refractivity contribution in [3.8, 4) is 0 Å². The Morgan fingerprint density at radius 3 is 2.87 bits per heavy atom. The summed E-state index contributed by atoms with van der Waals surface area (Å²) in [7, 11) is 0. The molecule has 1 N–H and O–H groups in total. The minimum absolute atomic E-state index is 0.0808. The van der Waals surface area contributed by atoms with Crippen molar-refractivity contribution in [3.63, 3.8) is 0 Å². The summed E-state index contributed by atoms with van der Waals surface area (Å²) in [5.41, 5.74) is 0.0808. The van der Waals surface area contributed by atoms with Gasteiger partial charge in [0, 0.05) is 12.6 Å². The summed E-state index contributed by atoms with van der Waals surface area (Å²) in [6, 6.07) is 1.40. The van der Waals surface area contributed by atoms with Gasteiger partial charge in [-0.3, -0.25) is 9.78 Å². The van der Waals surface area contributed by atoms with E-state index in [1.807, 2.05) is 5.32 Å². The maximum Gasteiger partial charge on any atom is 0.324 e. The zero-order valence-electron chi connectivity index (χ0n) is 7.93. The molecule has 0 unspecified atom stereocenters. The number of carbonyl (C=O) groups excluding carboxylic acids is 1. The molecule has 3 nitrogen and oxygen atoms in total. The molecule has 0 aliphatic carbocycles. The summed E-state index contributed by atoms with van der Waals surface area (Å²) in [4.78, 5) is 14.7. The van der Waals surface area contributed by atoms with Crippen molar-refractivity contribution < 1.29 is 13.6 Å². The lowest BCUT2D eigenvalue weighted by Crippen LogP contribution is -2.33. The second-order valence-electron chi connectivity index (χ2n) is 2.87. The van der Waals surface area contributed by atoms with Crippen LogP contribution in [0.4, 0.5) is 14.5 Å². The fourth-order valence-corrected chi connectivity index (χ4v) is 0.996. The minimum atomic E-state index is -3.39. The van der Waals surface area contributed by atoms with Gasteiger partial charge in [0.15, 0.2) is 0 Å². The number of amides is 1. The molecule has 0 atom stereocenters. The summed E-state index contributed by atoms with van der Waals surface area (Å²) < 4.78 is 25.8. The smallest absolute Gasteiger partial charge is 0.318 e. The molecule has 1 heterocycles. The van der Waals surface area contributed by atoms with Crippen LogP contribution >= 0.6 is 11.6 Å². The van der Waals surface area contributed by atoms with Crippen LogP contribution in [0.15, 0.2) is 18.5 Å². The van der Waals surface area contributed by atoms with Crippen LogP contribution in [0.3, 0.4) is 0 Å². The number of pyridine rings is 1. The first-order valence-corrected chi connectivity index (χ1v) is 4.64. The molecule has 0 aromatic carbocycles. The van der Waals surface area contributed by atoms with Crippen LogP contribution in [0, 0.1) is 0 Å². The number of halogens is 3. The minimum Gasteiger partial charge on any atom is -0.318 e. The molecule has 15 heavy (non-hydrogen) atoms. The summed E-state index contributed by atoms with van der Waals surface area (Å²) in [6.07, 6.45) is 2.05. The number of hydrogen-bond acceptors (Lipinski definition) is 2. The van der Waals surface area contributed by atoms with Gasteiger partial charge in [-0.2, -0.15) is 8.78 Å². The van der Waals surface area contributed by atoms with Crippen molar-refractivity contribution in [2.45, 2.75) is 19.3 Å². The molecule has 0 spiro atoms. The molecule has 0 aliphatic heterocycles. The quantitative estimate of drug-likeness (QED) is 0.874. The number of nitrogens with zero attached hydrogens (tertiary/aromatic N) is 1. The summed E-state index contributed by atoms with van der Waals surface area (Å²) in [6.45, 7) is 1.23. The van der Waals surface area contributed by atoms with Crippen molar-refractivity contribution in [1.82, 2.24) is 4.98 Å². The highest BCUT2D eigenvalue weighted by Crippen LogP contribution is 2.24. The van der Waals surface area contributed by atoms with E-state index in [2.05, 4.69) is 4.98 Å². The van der Waals surface area contributed by atoms with Gasteiger partial charge >= 0.3 is 5.92 Å². The lowest BCUT2D eigenvalue weighted by Gasteiger charge is -2.13. The third-order valence-corrected chi connectivity index (χ3v) is 2.12. The van der Waals surface area contributed by atoms with Gasteiger partial charge in [-0.15, -0.1) is 0 Å². The summed E-state index contributed by atoms with van der Waals surface area (Å²) >= 11 is 5.66. The second-order valence-corrected chi connectivity index (χ2v) is 3.27. The summed E-state index contributed by atoms with van der Waals surface area (Å²) in [5.74, 6) is -4.76. The molecular weight excluding hydrogens is 226 g/mol. The Balaban J connectivity index is 2.80. The van der Waals surface area contributed by atoms with E-state index in [1.165, 1.54) is 25.4 Å². The predicted molar refractivity (Wildman–Crippen MR) is 53.1 cm³/mol. The van der Waals surface area contributed by atoms with Gasteiger partial charge in [0.2, 0.25) is 0 Å². The van der Waals surface area contributed by atoms with Crippen LogP contribution < -0.4 is 5.32 Å². The topological polar surface area (TPSA) is 42.0 Å². The lowest BCUT2D eigenvalue weighted by atomic mass is 10.2. The fourth-order valence-electron chi connectivity index (χ4n) is 0.844. The number of aromatic nitrogens is 1. The average Bonchev–Trinajstić information content (AvgIpc) is 2.21. The number of hydrogen-bond donors (Lipinski definition) is 1. The molecule has 0 bridgehead atoms. The monoisotopic (exact) mass is 234 g/mol. The van der Waals surface area contributed by atoms with Crippen LogP contribution in [0.25, 0.3) is 0 Å². The normalized spacial score (nSPS) is 11.2. The van der Waals surface area contributed by atoms with Crippen molar-refractivity contribution in [1.29, 1.82) is 0 Å². The van der Waals surface area contributed by atoms with E-state index in [-0.39, 0.29) is 10.7 Å². The molecule has 0 fully saturated rings. The highest BCUT2D eigenvalue weighted by atomic mass is 35.5. The summed E-state index contributed by atoms with van der Waals surface area (Å²) in [5, 5.41) is 2.19. The third-order valence-electron chi connectivity index (χ3n) is 1.79. The second kappa shape index (κ2) is 4.53. The van der Waals surface area contributed by atoms with E-state index >= 15 is 0 Å². The number of carbonyl (C=O) groups is 1. The van der Waals surface area contributed by atoms with E-state index in [1.54, 1.807) is 0 Å². The number of rotatable bonds is 3. The molecule has 1 amide bonds. The van der Waals surface area contributed by atoms with Crippen molar-refractivity contribution in [3.05, 3.63) is 23.5 Å². The van der Waals surface area contributed by atoms with Crippen molar-refractivity contribution >= 4 is 23.2 Å². The van der Waals surface area contributed by atoms with E-state index in [0.717, 1.165) is 0 Å². The fraction of sp³-hybridized carbons (Fsp3) is 0.333. The average molecular weight is 235 g/mol. The van der Waals surface area contributed by atoms with Gasteiger partial charge in [0.25, 0.3) is 5.91 Å². The van der Waals surface area contributed by atoms with Crippen LogP contribution in [0.2, 0.25) is 5.02 Å². The Morgan fingerprint density at radius 2 is 2.33 bits per heavy atom. The third kappa shape index (κ3) is 2.86. The molecular formula is C9H9ClF2N2O. The molecule has 1 aromatic rings.